The predicted octanol–water partition coefficient (Wildman–Crippen LogP) is 5.74. The quantitative estimate of drug-likeness (QED) is 0.357. The van der Waals surface area contributed by atoms with Gasteiger partial charge in [0.1, 0.15) is 0 Å². The number of rotatable bonds is 15. The van der Waals surface area contributed by atoms with Crippen LogP contribution in [-0.2, 0) is 9.47 Å². The van der Waals surface area contributed by atoms with Gasteiger partial charge in [0.05, 0.1) is 18.8 Å². The molecule has 2 heteroatoms. The Labute approximate surface area is 127 Å². The van der Waals surface area contributed by atoms with E-state index in [1.807, 2.05) is 0 Å². The third-order valence-electron chi connectivity index (χ3n) is 3.56. The maximum absolute atomic E-state index is 5.74. The van der Waals surface area contributed by atoms with Crippen LogP contribution in [0.5, 0.6) is 0 Å². The molecule has 0 aliphatic carbocycles. The van der Waals surface area contributed by atoms with E-state index in [4.69, 9.17) is 9.47 Å². The fraction of sp³-hybridized carbons (Fsp3) is 1.00. The van der Waals surface area contributed by atoms with Crippen LogP contribution in [-0.4, -0.2) is 25.4 Å². The lowest BCUT2D eigenvalue weighted by Crippen LogP contribution is -2.19. The predicted molar refractivity (Wildman–Crippen MR) is 88.3 cm³/mol. The van der Waals surface area contributed by atoms with Crippen molar-refractivity contribution in [2.24, 2.45) is 0 Å². The first-order chi connectivity index (χ1) is 9.66. The molecule has 0 N–H and O–H groups in total. The average molecular weight is 286 g/mol. The summed E-state index contributed by atoms with van der Waals surface area (Å²) < 4.78 is 11.3. The van der Waals surface area contributed by atoms with Gasteiger partial charge < -0.3 is 9.47 Å². The average Bonchev–Trinajstić information content (AvgIpc) is 2.42. The number of hydrogen-bond donors (Lipinski definition) is 0. The summed E-state index contributed by atoms with van der Waals surface area (Å²) in [5.74, 6) is 0. The van der Waals surface area contributed by atoms with E-state index in [-0.39, 0.29) is 6.10 Å². The molecule has 0 spiro atoms. The van der Waals surface area contributed by atoms with Crippen LogP contribution in [0.25, 0.3) is 0 Å². The fourth-order valence-electron chi connectivity index (χ4n) is 2.25. The number of ether oxygens (including phenoxy) is 2. The second kappa shape index (κ2) is 15.3. The van der Waals surface area contributed by atoms with Crippen molar-refractivity contribution in [1.82, 2.24) is 0 Å². The summed E-state index contributed by atoms with van der Waals surface area (Å²) >= 11 is 0. The van der Waals surface area contributed by atoms with Crippen molar-refractivity contribution in [3.63, 3.8) is 0 Å². The SMILES string of the molecule is CCCCCCCCCCCCOC(C)COC(C)C. The molecular weight excluding hydrogens is 248 g/mol. The third kappa shape index (κ3) is 16.0. The minimum absolute atomic E-state index is 0.232. The Hall–Kier alpha value is -0.0800. The molecule has 0 aromatic rings. The van der Waals surface area contributed by atoms with Crippen LogP contribution < -0.4 is 0 Å². The van der Waals surface area contributed by atoms with E-state index < -0.39 is 0 Å². The molecule has 0 aromatic carbocycles. The van der Waals surface area contributed by atoms with Gasteiger partial charge in [-0.05, 0) is 27.2 Å². The van der Waals surface area contributed by atoms with Gasteiger partial charge in [-0.15, -0.1) is 0 Å². The smallest absolute Gasteiger partial charge is 0.0780 e. The molecule has 0 radical (unpaired) electrons. The molecule has 122 valence electrons. The molecule has 0 aliphatic rings. The minimum Gasteiger partial charge on any atom is -0.376 e. The molecule has 0 bridgehead atoms. The van der Waals surface area contributed by atoms with E-state index in [2.05, 4.69) is 27.7 Å². The molecule has 0 saturated carbocycles. The highest BCUT2D eigenvalue weighted by Crippen LogP contribution is 2.10. The van der Waals surface area contributed by atoms with Crippen LogP contribution in [0, 0.1) is 0 Å². The van der Waals surface area contributed by atoms with E-state index in [0.717, 1.165) is 13.2 Å². The van der Waals surface area contributed by atoms with E-state index in [1.165, 1.54) is 64.2 Å². The molecule has 0 fully saturated rings. The highest BCUT2D eigenvalue weighted by molar-refractivity contribution is 4.51. The van der Waals surface area contributed by atoms with Gasteiger partial charge in [-0.1, -0.05) is 64.7 Å². The zero-order valence-electron chi connectivity index (χ0n) is 14.5. The third-order valence-corrected chi connectivity index (χ3v) is 3.56. The highest BCUT2D eigenvalue weighted by atomic mass is 16.5. The van der Waals surface area contributed by atoms with Gasteiger partial charge in [0.15, 0.2) is 0 Å². The maximum Gasteiger partial charge on any atom is 0.0780 e. The second-order valence-corrected chi connectivity index (χ2v) is 6.25. The minimum atomic E-state index is 0.232. The van der Waals surface area contributed by atoms with Crippen LogP contribution in [0.15, 0.2) is 0 Å². The lowest BCUT2D eigenvalue weighted by Gasteiger charge is -2.15. The van der Waals surface area contributed by atoms with Crippen LogP contribution in [0.4, 0.5) is 0 Å². The van der Waals surface area contributed by atoms with E-state index >= 15 is 0 Å². The molecule has 20 heavy (non-hydrogen) atoms. The first-order valence-electron chi connectivity index (χ1n) is 8.90. The molecule has 0 aliphatic heterocycles. The molecule has 0 saturated heterocycles. The van der Waals surface area contributed by atoms with E-state index in [9.17, 15) is 0 Å². The Bertz CT molecular complexity index is 180. The van der Waals surface area contributed by atoms with Crippen molar-refractivity contribution < 1.29 is 9.47 Å². The molecule has 0 heterocycles. The van der Waals surface area contributed by atoms with Crippen molar-refractivity contribution in [3.8, 4) is 0 Å². The van der Waals surface area contributed by atoms with Gasteiger partial charge in [-0.25, -0.2) is 0 Å². The molecule has 0 rings (SSSR count). The van der Waals surface area contributed by atoms with Gasteiger partial charge in [-0.2, -0.15) is 0 Å². The maximum atomic E-state index is 5.74. The summed E-state index contributed by atoms with van der Waals surface area (Å²) in [5, 5.41) is 0. The van der Waals surface area contributed by atoms with Gasteiger partial charge in [0.25, 0.3) is 0 Å². The van der Waals surface area contributed by atoms with Crippen molar-refractivity contribution in [1.29, 1.82) is 0 Å². The largest absolute Gasteiger partial charge is 0.376 e. The first kappa shape index (κ1) is 19.9. The molecule has 2 nitrogen and oxygen atoms in total. The fourth-order valence-corrected chi connectivity index (χ4v) is 2.25. The summed E-state index contributed by atoms with van der Waals surface area (Å²) in [7, 11) is 0. The summed E-state index contributed by atoms with van der Waals surface area (Å²) in [6.07, 6.45) is 14.3. The van der Waals surface area contributed by atoms with Crippen molar-refractivity contribution >= 4 is 0 Å². The Morgan fingerprint density at radius 3 is 1.65 bits per heavy atom. The molecule has 1 unspecified atom stereocenters. The molecule has 0 aromatic heterocycles. The Morgan fingerprint density at radius 1 is 0.650 bits per heavy atom. The van der Waals surface area contributed by atoms with Crippen LogP contribution in [0.1, 0.15) is 91.9 Å². The Kier molecular flexibility index (Phi) is 15.3. The Balaban J connectivity index is 3.09. The zero-order valence-corrected chi connectivity index (χ0v) is 14.5. The lowest BCUT2D eigenvalue weighted by molar-refractivity contribution is -0.0273. The molecule has 0 amide bonds. The van der Waals surface area contributed by atoms with Crippen LogP contribution in [0.3, 0.4) is 0 Å². The number of hydrogen-bond acceptors (Lipinski definition) is 2. The second-order valence-electron chi connectivity index (χ2n) is 6.25. The van der Waals surface area contributed by atoms with Gasteiger partial charge in [0, 0.05) is 6.61 Å². The summed E-state index contributed by atoms with van der Waals surface area (Å²) in [4.78, 5) is 0. The standard InChI is InChI=1S/C18H38O2/c1-5-6-7-8-9-10-11-12-13-14-15-19-18(4)16-20-17(2)3/h17-18H,5-16H2,1-4H3. The summed E-state index contributed by atoms with van der Waals surface area (Å²) in [6, 6.07) is 0. The Morgan fingerprint density at radius 2 is 1.15 bits per heavy atom. The van der Waals surface area contributed by atoms with Crippen molar-refractivity contribution in [3.05, 3.63) is 0 Å². The van der Waals surface area contributed by atoms with Gasteiger partial charge >= 0.3 is 0 Å². The van der Waals surface area contributed by atoms with Crippen molar-refractivity contribution in [2.45, 2.75) is 104 Å². The highest BCUT2D eigenvalue weighted by Gasteiger charge is 2.03. The first-order valence-corrected chi connectivity index (χ1v) is 8.90. The van der Waals surface area contributed by atoms with E-state index in [1.54, 1.807) is 0 Å². The molecular formula is C18H38O2. The van der Waals surface area contributed by atoms with Crippen molar-refractivity contribution in [2.75, 3.05) is 13.2 Å². The van der Waals surface area contributed by atoms with Gasteiger partial charge in [-0.3, -0.25) is 0 Å². The molecule has 1 atom stereocenters. The zero-order chi connectivity index (χ0) is 15.1. The summed E-state index contributed by atoms with van der Waals surface area (Å²) in [5.41, 5.74) is 0. The van der Waals surface area contributed by atoms with Crippen LogP contribution >= 0.6 is 0 Å². The topological polar surface area (TPSA) is 18.5 Å². The van der Waals surface area contributed by atoms with Crippen LogP contribution in [0.2, 0.25) is 0 Å². The summed E-state index contributed by atoms with van der Waals surface area (Å²) in [6.45, 7) is 10.1. The van der Waals surface area contributed by atoms with E-state index in [0.29, 0.717) is 6.10 Å². The van der Waals surface area contributed by atoms with Gasteiger partial charge in [0.2, 0.25) is 0 Å². The normalized spacial score (nSPS) is 13.1. The lowest BCUT2D eigenvalue weighted by atomic mass is 10.1. The number of unbranched alkanes of at least 4 members (excludes halogenated alkanes) is 9. The monoisotopic (exact) mass is 286 g/mol.